The minimum Gasteiger partial charge on any atom is -0.401 e. The van der Waals surface area contributed by atoms with Crippen LogP contribution in [0.15, 0.2) is 74.4 Å². The number of para-hydroxylation sites is 1. The molecular formula is C22H17N3O4S. The van der Waals surface area contributed by atoms with Crippen LogP contribution in [0, 0.1) is 24.0 Å². The molecule has 0 saturated heterocycles. The van der Waals surface area contributed by atoms with Crippen LogP contribution in [-0.4, -0.2) is 14.5 Å². The molecule has 4 aromatic rings. The first kappa shape index (κ1) is 19.7. The van der Waals surface area contributed by atoms with Crippen LogP contribution in [0.3, 0.4) is 0 Å². The minimum absolute atomic E-state index is 0.159. The average molecular weight is 419 g/mol. The van der Waals surface area contributed by atoms with Crippen molar-refractivity contribution in [2.75, 3.05) is 0 Å². The molecule has 7 nitrogen and oxygen atoms in total. The lowest BCUT2D eigenvalue weighted by Gasteiger charge is -2.13. The fourth-order valence-corrected chi connectivity index (χ4v) is 3.74. The second-order valence-corrected chi connectivity index (χ2v) is 7.55. The lowest BCUT2D eigenvalue weighted by molar-refractivity contribution is -0.402. The Hall–Kier alpha value is -3.65. The van der Waals surface area contributed by atoms with Gasteiger partial charge in [0.2, 0.25) is 0 Å². The molecule has 0 amide bonds. The van der Waals surface area contributed by atoms with Crippen molar-refractivity contribution in [3.63, 3.8) is 0 Å². The Kier molecular flexibility index (Phi) is 5.24. The zero-order valence-corrected chi connectivity index (χ0v) is 17.1. The Balaban J connectivity index is 1.79. The van der Waals surface area contributed by atoms with Crippen LogP contribution in [0.4, 0.5) is 5.88 Å². The van der Waals surface area contributed by atoms with E-state index in [2.05, 4.69) is 4.98 Å². The first-order chi connectivity index (χ1) is 14.4. The predicted octanol–water partition coefficient (Wildman–Crippen LogP) is 5.27. The van der Waals surface area contributed by atoms with E-state index in [-0.39, 0.29) is 11.4 Å². The monoisotopic (exact) mass is 419 g/mol. The molecule has 0 unspecified atom stereocenters. The molecule has 0 bridgehead atoms. The summed E-state index contributed by atoms with van der Waals surface area (Å²) >= 11 is 1.23. The maximum absolute atomic E-state index is 13.2. The summed E-state index contributed by atoms with van der Waals surface area (Å²) < 4.78 is 6.71. The zero-order chi connectivity index (χ0) is 21.3. The Morgan fingerprint density at radius 1 is 1.10 bits per heavy atom. The number of aryl methyl sites for hydroxylation is 2. The number of hydrogen-bond acceptors (Lipinski definition) is 6. The molecular weight excluding hydrogens is 402 g/mol. The molecule has 2 aromatic heterocycles. The van der Waals surface area contributed by atoms with Crippen molar-refractivity contribution in [1.82, 2.24) is 9.55 Å². The minimum atomic E-state index is -0.591. The summed E-state index contributed by atoms with van der Waals surface area (Å²) in [5.41, 5.74) is 3.38. The van der Waals surface area contributed by atoms with Gasteiger partial charge in [0, 0.05) is 0 Å². The van der Waals surface area contributed by atoms with Gasteiger partial charge in [0.15, 0.2) is 5.16 Å². The quantitative estimate of drug-likeness (QED) is 0.189. The topological polar surface area (TPSA) is 91.2 Å². The van der Waals surface area contributed by atoms with Crippen LogP contribution in [-0.2, 0) is 0 Å². The van der Waals surface area contributed by atoms with E-state index in [1.165, 1.54) is 23.9 Å². The van der Waals surface area contributed by atoms with E-state index < -0.39 is 4.92 Å². The molecule has 2 heterocycles. The second kappa shape index (κ2) is 8.00. The summed E-state index contributed by atoms with van der Waals surface area (Å²) in [5, 5.41) is 13.5. The van der Waals surface area contributed by atoms with Crippen LogP contribution >= 0.6 is 11.8 Å². The maximum atomic E-state index is 13.2. The highest BCUT2D eigenvalue weighted by Gasteiger charge is 2.14. The molecule has 4 rings (SSSR count). The van der Waals surface area contributed by atoms with Gasteiger partial charge in [-0.25, -0.2) is 4.98 Å². The summed E-state index contributed by atoms with van der Waals surface area (Å²) in [6, 6.07) is 15.8. The molecule has 0 aliphatic rings. The van der Waals surface area contributed by atoms with Crippen LogP contribution < -0.4 is 5.56 Å². The van der Waals surface area contributed by atoms with Gasteiger partial charge >= 0.3 is 5.88 Å². The van der Waals surface area contributed by atoms with E-state index in [1.807, 2.05) is 44.2 Å². The summed E-state index contributed by atoms with van der Waals surface area (Å²) in [6.45, 7) is 4.01. The van der Waals surface area contributed by atoms with Gasteiger partial charge in [-0.3, -0.25) is 19.5 Å². The normalized spacial score (nSPS) is 11.4. The largest absolute Gasteiger partial charge is 0.433 e. The molecule has 0 aliphatic heterocycles. The molecule has 0 N–H and O–H groups in total. The molecule has 0 atom stereocenters. The Labute approximate surface area is 175 Å². The van der Waals surface area contributed by atoms with Crippen molar-refractivity contribution in [2.45, 2.75) is 19.0 Å². The molecule has 30 heavy (non-hydrogen) atoms. The SMILES string of the molecule is Cc1ccc(-n2c(S/C=C/c3ccc([N+](=O)[O-])o3)nc3ccccc3c2=O)cc1C. The van der Waals surface area contributed by atoms with Gasteiger partial charge in [-0.05, 0) is 66.8 Å². The molecule has 0 aliphatic carbocycles. The zero-order valence-electron chi connectivity index (χ0n) is 16.2. The molecule has 8 heteroatoms. The van der Waals surface area contributed by atoms with Gasteiger partial charge in [0.25, 0.3) is 5.56 Å². The van der Waals surface area contributed by atoms with Crippen LogP contribution in [0.1, 0.15) is 16.9 Å². The Bertz CT molecular complexity index is 1350. The number of hydrogen-bond donors (Lipinski definition) is 0. The fraction of sp³-hybridized carbons (Fsp3) is 0.0909. The van der Waals surface area contributed by atoms with E-state index in [0.29, 0.717) is 21.8 Å². The second-order valence-electron chi connectivity index (χ2n) is 6.67. The van der Waals surface area contributed by atoms with Gasteiger partial charge in [0.05, 0.1) is 22.7 Å². The van der Waals surface area contributed by atoms with Crippen LogP contribution in [0.25, 0.3) is 22.7 Å². The Morgan fingerprint density at radius 3 is 2.63 bits per heavy atom. The highest BCUT2D eigenvalue weighted by Crippen LogP contribution is 2.25. The molecule has 2 aromatic carbocycles. The average Bonchev–Trinajstić information content (AvgIpc) is 3.20. The number of fused-ring (bicyclic) bond motifs is 1. The molecule has 0 fully saturated rings. The molecule has 0 saturated carbocycles. The van der Waals surface area contributed by atoms with Crippen molar-refractivity contribution in [3.05, 3.63) is 97.4 Å². The summed E-state index contributed by atoms with van der Waals surface area (Å²) in [6.07, 6.45) is 1.60. The summed E-state index contributed by atoms with van der Waals surface area (Å²) in [7, 11) is 0. The van der Waals surface area contributed by atoms with Crippen molar-refractivity contribution in [1.29, 1.82) is 0 Å². The third kappa shape index (κ3) is 3.77. The predicted molar refractivity (Wildman–Crippen MR) is 117 cm³/mol. The third-order valence-electron chi connectivity index (χ3n) is 4.69. The van der Waals surface area contributed by atoms with Crippen LogP contribution in [0.2, 0.25) is 0 Å². The smallest absolute Gasteiger partial charge is 0.401 e. The number of furan rings is 1. The van der Waals surface area contributed by atoms with Crippen molar-refractivity contribution in [3.8, 4) is 5.69 Å². The lowest BCUT2D eigenvalue weighted by Crippen LogP contribution is -2.21. The number of aromatic nitrogens is 2. The Morgan fingerprint density at radius 2 is 1.90 bits per heavy atom. The van der Waals surface area contributed by atoms with E-state index in [0.717, 1.165) is 16.8 Å². The van der Waals surface area contributed by atoms with Gasteiger partial charge in [-0.1, -0.05) is 30.0 Å². The maximum Gasteiger partial charge on any atom is 0.433 e. The number of benzene rings is 2. The standard InChI is InChI=1S/C22H17N3O4S/c1-14-7-8-16(13-15(14)2)24-21(26)18-5-3-4-6-19(18)23-22(24)30-12-11-17-9-10-20(29-17)25(27)28/h3-13H,1-2H3/b12-11+. The van der Waals surface area contributed by atoms with E-state index in [4.69, 9.17) is 4.42 Å². The molecule has 0 radical (unpaired) electrons. The van der Waals surface area contributed by atoms with Gasteiger partial charge in [-0.2, -0.15) is 0 Å². The van der Waals surface area contributed by atoms with E-state index in [9.17, 15) is 14.9 Å². The number of nitrogens with zero attached hydrogens (tertiary/aromatic N) is 3. The number of thioether (sulfide) groups is 1. The first-order valence-electron chi connectivity index (χ1n) is 9.11. The first-order valence-corrected chi connectivity index (χ1v) is 9.99. The van der Waals surface area contributed by atoms with Gasteiger partial charge in [-0.15, -0.1) is 0 Å². The van der Waals surface area contributed by atoms with Crippen molar-refractivity contribution < 1.29 is 9.34 Å². The fourth-order valence-electron chi connectivity index (χ4n) is 2.98. The highest BCUT2D eigenvalue weighted by molar-refractivity contribution is 8.02. The number of nitro groups is 1. The van der Waals surface area contributed by atoms with E-state index >= 15 is 0 Å². The molecule has 150 valence electrons. The van der Waals surface area contributed by atoms with Gasteiger partial charge in [0.1, 0.15) is 10.7 Å². The highest BCUT2D eigenvalue weighted by atomic mass is 32.2. The van der Waals surface area contributed by atoms with Crippen LogP contribution in [0.5, 0.6) is 0 Å². The van der Waals surface area contributed by atoms with Gasteiger partial charge < -0.3 is 4.42 Å². The lowest BCUT2D eigenvalue weighted by atomic mass is 10.1. The third-order valence-corrected chi connectivity index (χ3v) is 5.45. The number of rotatable bonds is 5. The molecule has 0 spiro atoms. The summed E-state index contributed by atoms with van der Waals surface area (Å²) in [4.78, 5) is 28.1. The van der Waals surface area contributed by atoms with Crippen molar-refractivity contribution in [2.24, 2.45) is 0 Å². The van der Waals surface area contributed by atoms with Crippen molar-refractivity contribution >= 4 is 34.6 Å². The summed E-state index contributed by atoms with van der Waals surface area (Å²) in [5.74, 6) is 0.0191. The van der Waals surface area contributed by atoms with E-state index in [1.54, 1.807) is 28.2 Å².